The average Bonchev–Trinajstić information content (AvgIpc) is 2.59. The molecule has 2 rings (SSSR count). The Hall–Kier alpha value is -2.31. The van der Waals surface area contributed by atoms with Crippen LogP contribution in [0.2, 0.25) is 0 Å². The third-order valence-electron chi connectivity index (χ3n) is 3.74. The van der Waals surface area contributed by atoms with Crippen LogP contribution in [0.15, 0.2) is 59.5 Å². The predicted molar refractivity (Wildman–Crippen MR) is 116 cm³/mol. The third kappa shape index (κ3) is 8.15. The highest BCUT2D eigenvalue weighted by Crippen LogP contribution is 2.29. The number of carbonyl (C=O) groups excluding carboxylic acids is 2. The van der Waals surface area contributed by atoms with Crippen molar-refractivity contribution in [2.45, 2.75) is 37.0 Å². The SMILES string of the molecule is CN(CC(=O)Nc1ccccc1SCc1ccccc1)CC(=O)NC(C)(C)C. The fourth-order valence-electron chi connectivity index (χ4n) is 2.62. The van der Waals surface area contributed by atoms with Crippen molar-refractivity contribution in [2.24, 2.45) is 0 Å². The Labute approximate surface area is 171 Å². The summed E-state index contributed by atoms with van der Waals surface area (Å²) in [5.41, 5.74) is 1.74. The Morgan fingerprint density at radius 2 is 1.54 bits per heavy atom. The minimum atomic E-state index is -0.283. The fraction of sp³-hybridized carbons (Fsp3) is 0.364. The summed E-state index contributed by atoms with van der Waals surface area (Å²) in [5.74, 6) is 0.598. The van der Waals surface area contributed by atoms with Crippen molar-refractivity contribution in [3.63, 3.8) is 0 Å². The number of para-hydroxylation sites is 1. The summed E-state index contributed by atoms with van der Waals surface area (Å²) in [7, 11) is 1.76. The molecular weight excluding hydrogens is 370 g/mol. The Morgan fingerprint density at radius 1 is 0.929 bits per heavy atom. The standard InChI is InChI=1S/C22H29N3O2S/c1-22(2,3)24-21(27)15-25(4)14-20(26)23-18-12-8-9-13-19(18)28-16-17-10-6-5-7-11-17/h5-13H,14-16H2,1-4H3,(H,23,26)(H,24,27). The molecular formula is C22H29N3O2S. The normalized spacial score (nSPS) is 11.3. The van der Waals surface area contributed by atoms with Gasteiger partial charge in [0.05, 0.1) is 18.8 Å². The average molecular weight is 400 g/mol. The molecule has 0 bridgehead atoms. The van der Waals surface area contributed by atoms with Crippen molar-refractivity contribution in [3.8, 4) is 0 Å². The molecule has 2 N–H and O–H groups in total. The van der Waals surface area contributed by atoms with Crippen molar-refractivity contribution < 1.29 is 9.59 Å². The largest absolute Gasteiger partial charge is 0.350 e. The molecule has 0 fully saturated rings. The number of nitrogens with zero attached hydrogens (tertiary/aromatic N) is 1. The van der Waals surface area contributed by atoms with E-state index in [1.165, 1.54) is 5.56 Å². The molecule has 0 radical (unpaired) electrons. The van der Waals surface area contributed by atoms with Crippen LogP contribution in [0, 0.1) is 0 Å². The summed E-state index contributed by atoms with van der Waals surface area (Å²) < 4.78 is 0. The number of anilines is 1. The predicted octanol–water partition coefficient (Wildman–Crippen LogP) is 3.76. The smallest absolute Gasteiger partial charge is 0.238 e. The molecule has 150 valence electrons. The first-order valence-corrected chi connectivity index (χ1v) is 10.3. The summed E-state index contributed by atoms with van der Waals surface area (Å²) in [6.45, 7) is 6.12. The van der Waals surface area contributed by atoms with Crippen molar-refractivity contribution in [3.05, 3.63) is 60.2 Å². The number of nitrogens with one attached hydrogen (secondary N) is 2. The topological polar surface area (TPSA) is 61.4 Å². The van der Waals surface area contributed by atoms with Gasteiger partial charge in [-0.25, -0.2) is 0 Å². The van der Waals surface area contributed by atoms with Gasteiger partial charge in [-0.05, 0) is 45.5 Å². The lowest BCUT2D eigenvalue weighted by Crippen LogP contribution is -2.46. The van der Waals surface area contributed by atoms with E-state index < -0.39 is 0 Å². The van der Waals surface area contributed by atoms with Gasteiger partial charge in [0, 0.05) is 16.2 Å². The summed E-state index contributed by atoms with van der Waals surface area (Å²) in [5, 5.41) is 5.86. The van der Waals surface area contributed by atoms with Gasteiger partial charge in [-0.1, -0.05) is 42.5 Å². The zero-order chi connectivity index (χ0) is 20.6. The van der Waals surface area contributed by atoms with Crippen LogP contribution in [0.5, 0.6) is 0 Å². The monoisotopic (exact) mass is 399 g/mol. The lowest BCUT2D eigenvalue weighted by Gasteiger charge is -2.23. The fourth-order valence-corrected chi connectivity index (χ4v) is 3.59. The molecule has 0 atom stereocenters. The minimum absolute atomic E-state index is 0.0957. The zero-order valence-electron chi connectivity index (χ0n) is 17.0. The molecule has 2 aromatic rings. The Morgan fingerprint density at radius 3 is 2.21 bits per heavy atom. The number of benzene rings is 2. The van der Waals surface area contributed by atoms with Crippen molar-refractivity contribution in [1.82, 2.24) is 10.2 Å². The Kier molecular flexibility index (Phi) is 8.08. The van der Waals surface area contributed by atoms with Crippen molar-refractivity contribution in [2.75, 3.05) is 25.5 Å². The number of hydrogen-bond donors (Lipinski definition) is 2. The van der Waals surface area contributed by atoms with Gasteiger partial charge < -0.3 is 10.6 Å². The molecule has 5 nitrogen and oxygen atoms in total. The molecule has 28 heavy (non-hydrogen) atoms. The van der Waals surface area contributed by atoms with Crippen LogP contribution in [0.1, 0.15) is 26.3 Å². The molecule has 0 heterocycles. The van der Waals surface area contributed by atoms with Gasteiger partial charge >= 0.3 is 0 Å². The van der Waals surface area contributed by atoms with Gasteiger partial charge in [-0.2, -0.15) is 0 Å². The highest BCUT2D eigenvalue weighted by Gasteiger charge is 2.17. The molecule has 2 aromatic carbocycles. The maximum atomic E-state index is 12.4. The van der Waals surface area contributed by atoms with E-state index in [4.69, 9.17) is 0 Å². The maximum Gasteiger partial charge on any atom is 0.238 e. The molecule has 0 spiro atoms. The molecule has 0 aliphatic heterocycles. The van der Waals surface area contributed by atoms with E-state index in [-0.39, 0.29) is 30.4 Å². The van der Waals surface area contributed by atoms with Crippen LogP contribution < -0.4 is 10.6 Å². The Bertz CT molecular complexity index is 788. The zero-order valence-corrected chi connectivity index (χ0v) is 17.8. The van der Waals surface area contributed by atoms with Crippen LogP contribution in [0.4, 0.5) is 5.69 Å². The van der Waals surface area contributed by atoms with E-state index in [2.05, 4.69) is 22.8 Å². The minimum Gasteiger partial charge on any atom is -0.350 e. The number of amides is 2. The van der Waals surface area contributed by atoms with E-state index in [1.54, 1.807) is 23.7 Å². The highest BCUT2D eigenvalue weighted by atomic mass is 32.2. The van der Waals surface area contributed by atoms with Gasteiger partial charge in [0.25, 0.3) is 0 Å². The molecule has 0 aliphatic rings. The van der Waals surface area contributed by atoms with Crippen LogP contribution in [-0.2, 0) is 15.3 Å². The number of carbonyl (C=O) groups is 2. The third-order valence-corrected chi connectivity index (χ3v) is 4.88. The van der Waals surface area contributed by atoms with E-state index >= 15 is 0 Å². The van der Waals surface area contributed by atoms with Gasteiger partial charge in [0.2, 0.25) is 11.8 Å². The molecule has 0 aliphatic carbocycles. The number of thioether (sulfide) groups is 1. The summed E-state index contributed by atoms with van der Waals surface area (Å²) >= 11 is 1.69. The molecule has 2 amide bonds. The highest BCUT2D eigenvalue weighted by molar-refractivity contribution is 7.98. The van der Waals surface area contributed by atoms with Crippen LogP contribution >= 0.6 is 11.8 Å². The summed E-state index contributed by atoms with van der Waals surface area (Å²) in [6.07, 6.45) is 0. The quantitative estimate of drug-likeness (QED) is 0.664. The second-order valence-corrected chi connectivity index (χ2v) is 8.81. The number of hydrogen-bond acceptors (Lipinski definition) is 4. The molecule has 0 saturated carbocycles. The molecule has 0 aromatic heterocycles. The first-order valence-electron chi connectivity index (χ1n) is 9.28. The van der Waals surface area contributed by atoms with Gasteiger partial charge in [0.1, 0.15) is 0 Å². The second kappa shape index (κ2) is 10.3. The van der Waals surface area contributed by atoms with Crippen molar-refractivity contribution >= 4 is 29.3 Å². The van der Waals surface area contributed by atoms with Gasteiger partial charge in [-0.3, -0.25) is 14.5 Å². The van der Waals surface area contributed by atoms with Gasteiger partial charge in [-0.15, -0.1) is 11.8 Å². The molecule has 0 unspecified atom stereocenters. The Balaban J connectivity index is 1.88. The van der Waals surface area contributed by atoms with E-state index in [0.717, 1.165) is 16.3 Å². The first kappa shape index (κ1) is 22.0. The van der Waals surface area contributed by atoms with Gasteiger partial charge in [0.15, 0.2) is 0 Å². The van der Waals surface area contributed by atoms with Crippen LogP contribution in [-0.4, -0.2) is 42.4 Å². The lowest BCUT2D eigenvalue weighted by molar-refractivity contribution is -0.124. The van der Waals surface area contributed by atoms with E-state index in [9.17, 15) is 9.59 Å². The van der Waals surface area contributed by atoms with Crippen molar-refractivity contribution in [1.29, 1.82) is 0 Å². The van der Waals surface area contributed by atoms with E-state index in [0.29, 0.717) is 0 Å². The summed E-state index contributed by atoms with van der Waals surface area (Å²) in [4.78, 5) is 27.1. The van der Waals surface area contributed by atoms with E-state index in [1.807, 2.05) is 63.2 Å². The van der Waals surface area contributed by atoms with Crippen LogP contribution in [0.3, 0.4) is 0 Å². The molecule has 0 saturated heterocycles. The van der Waals surface area contributed by atoms with Crippen LogP contribution in [0.25, 0.3) is 0 Å². The number of likely N-dealkylation sites (N-methyl/N-ethyl adjacent to an activating group) is 1. The molecule has 6 heteroatoms. The summed E-state index contributed by atoms with van der Waals surface area (Å²) in [6, 6.07) is 18.0. The lowest BCUT2D eigenvalue weighted by atomic mass is 10.1. The second-order valence-electron chi connectivity index (χ2n) is 7.79. The number of rotatable bonds is 8. The first-order chi connectivity index (χ1) is 13.2. The maximum absolute atomic E-state index is 12.4.